The number of benzene rings is 3. The molecule has 0 saturated heterocycles. The van der Waals surface area contributed by atoms with Gasteiger partial charge >= 0.3 is 24.0 Å². The van der Waals surface area contributed by atoms with Gasteiger partial charge in [0.15, 0.2) is 6.61 Å². The summed E-state index contributed by atoms with van der Waals surface area (Å²) in [6.07, 6.45) is -2.29. The van der Waals surface area contributed by atoms with Crippen molar-refractivity contribution in [2.75, 3.05) is 42.7 Å². The van der Waals surface area contributed by atoms with Crippen molar-refractivity contribution in [2.45, 2.75) is 51.2 Å². The highest BCUT2D eigenvalue weighted by Crippen LogP contribution is 2.48. The standard InChI is InChI=1S/C38H41ClF3N9O5/c1-36(2,21-45-31(54)32(55)46-27-13-4-23(5-14-27)6-17-29(52)43-3)20-44-30(53)24-7-15-28(16-8-24)47-33-48-34(50-35(49-33)56-22-38(40,41)42)51-37(18-19-37)25-9-11-26(39)12-10-25/h4-5,7-16H,6,17-22H2,1-3H3,(H,43,52)(H,44,53)(H,45,54)(H,46,55)(H2,47,48,49,50,51). The molecule has 4 aromatic rings. The number of carbonyl (C=O) groups excluding carboxylic acids is 4. The average molecular weight is 796 g/mol. The monoisotopic (exact) mass is 795 g/mol. The second-order valence-electron chi connectivity index (χ2n) is 13.9. The zero-order chi connectivity index (χ0) is 40.5. The van der Waals surface area contributed by atoms with E-state index in [9.17, 15) is 32.3 Å². The van der Waals surface area contributed by atoms with Crippen LogP contribution in [0, 0.1) is 5.41 Å². The number of amides is 4. The summed E-state index contributed by atoms with van der Waals surface area (Å²) in [4.78, 5) is 61.8. The highest BCUT2D eigenvalue weighted by molar-refractivity contribution is 6.39. The maximum absolute atomic E-state index is 13.0. The van der Waals surface area contributed by atoms with Crippen LogP contribution in [0.4, 0.5) is 36.4 Å². The molecule has 56 heavy (non-hydrogen) atoms. The number of ether oxygens (including phenoxy) is 1. The van der Waals surface area contributed by atoms with Crippen LogP contribution in [0.2, 0.25) is 5.02 Å². The Balaban J connectivity index is 1.13. The Bertz CT molecular complexity index is 2030. The van der Waals surface area contributed by atoms with Crippen molar-refractivity contribution in [3.63, 3.8) is 0 Å². The highest BCUT2D eigenvalue weighted by atomic mass is 35.5. The van der Waals surface area contributed by atoms with Gasteiger partial charge in [0.25, 0.3) is 5.91 Å². The fourth-order valence-corrected chi connectivity index (χ4v) is 5.44. The van der Waals surface area contributed by atoms with Gasteiger partial charge in [-0.3, -0.25) is 19.2 Å². The van der Waals surface area contributed by atoms with E-state index in [1.165, 1.54) is 12.1 Å². The Kier molecular flexibility index (Phi) is 13.0. The summed E-state index contributed by atoms with van der Waals surface area (Å²) in [5, 5.41) is 17.2. The summed E-state index contributed by atoms with van der Waals surface area (Å²) >= 11 is 6.04. The Labute approximate surface area is 325 Å². The number of anilines is 4. The van der Waals surface area contributed by atoms with Crippen molar-refractivity contribution < 1.29 is 37.1 Å². The Morgan fingerprint density at radius 1 is 0.804 bits per heavy atom. The molecule has 1 aromatic heterocycles. The number of hydrogen-bond acceptors (Lipinski definition) is 10. The normalized spacial score (nSPS) is 13.2. The molecule has 3 aromatic carbocycles. The van der Waals surface area contributed by atoms with Gasteiger partial charge in [-0.25, -0.2) is 0 Å². The predicted molar refractivity (Wildman–Crippen MR) is 204 cm³/mol. The van der Waals surface area contributed by atoms with Gasteiger partial charge in [-0.15, -0.1) is 0 Å². The van der Waals surface area contributed by atoms with Crippen LogP contribution in [0.1, 0.15) is 54.6 Å². The van der Waals surface area contributed by atoms with Crippen LogP contribution in [-0.2, 0) is 26.3 Å². The van der Waals surface area contributed by atoms with Gasteiger partial charge in [0.05, 0.1) is 5.54 Å². The lowest BCUT2D eigenvalue weighted by Gasteiger charge is -2.25. The number of aromatic nitrogens is 3. The first-order valence-electron chi connectivity index (χ1n) is 17.6. The molecular formula is C38H41ClF3N9O5. The summed E-state index contributed by atoms with van der Waals surface area (Å²) in [5.74, 6) is -2.26. The molecular weight excluding hydrogens is 755 g/mol. The number of rotatable bonds is 16. The van der Waals surface area contributed by atoms with E-state index in [4.69, 9.17) is 16.3 Å². The van der Waals surface area contributed by atoms with E-state index in [1.807, 2.05) is 12.1 Å². The summed E-state index contributed by atoms with van der Waals surface area (Å²) < 4.78 is 43.7. The maximum atomic E-state index is 13.0. The quantitative estimate of drug-likeness (QED) is 0.0791. The molecule has 296 valence electrons. The second kappa shape index (κ2) is 17.7. The number of nitrogens with zero attached hydrogens (tertiary/aromatic N) is 3. The molecule has 1 heterocycles. The van der Waals surface area contributed by atoms with E-state index in [0.717, 1.165) is 24.0 Å². The maximum Gasteiger partial charge on any atom is 0.422 e. The Morgan fingerprint density at radius 2 is 1.43 bits per heavy atom. The molecule has 5 rings (SSSR count). The topological polar surface area (TPSA) is 188 Å². The van der Waals surface area contributed by atoms with Gasteiger partial charge in [-0.1, -0.05) is 49.7 Å². The van der Waals surface area contributed by atoms with Crippen LogP contribution in [0.5, 0.6) is 6.01 Å². The van der Waals surface area contributed by atoms with Crippen molar-refractivity contribution in [1.29, 1.82) is 0 Å². The molecule has 0 aliphatic heterocycles. The number of alkyl halides is 3. The lowest BCUT2D eigenvalue weighted by molar-refractivity contribution is -0.154. The zero-order valence-electron chi connectivity index (χ0n) is 30.8. The van der Waals surface area contributed by atoms with Gasteiger partial charge in [0.2, 0.25) is 17.8 Å². The minimum Gasteiger partial charge on any atom is -0.454 e. The van der Waals surface area contributed by atoms with Crippen molar-refractivity contribution in [3.05, 3.63) is 94.5 Å². The van der Waals surface area contributed by atoms with E-state index >= 15 is 0 Å². The SMILES string of the molecule is CNC(=O)CCc1ccc(NC(=O)C(=O)NCC(C)(C)CNC(=O)c2ccc(Nc3nc(NC4(c5ccc(Cl)cc5)CC4)nc(OCC(F)(F)F)n3)cc2)cc1. The minimum absolute atomic E-state index is 0.00379. The lowest BCUT2D eigenvalue weighted by Crippen LogP contribution is -2.44. The number of aryl methyl sites for hydroxylation is 1. The van der Waals surface area contributed by atoms with Gasteiger partial charge in [0.1, 0.15) is 0 Å². The van der Waals surface area contributed by atoms with Crippen LogP contribution in [0.3, 0.4) is 0 Å². The molecule has 0 spiro atoms. The summed E-state index contributed by atoms with van der Waals surface area (Å²) in [6.45, 7) is 2.25. The fourth-order valence-electron chi connectivity index (χ4n) is 5.32. The Hall–Kier alpha value is -5.97. The number of nitrogens with one attached hydrogen (secondary N) is 6. The summed E-state index contributed by atoms with van der Waals surface area (Å²) in [5.41, 5.74) is 1.81. The second-order valence-corrected chi connectivity index (χ2v) is 14.4. The first-order chi connectivity index (χ1) is 26.5. The molecule has 0 unspecified atom stereocenters. The molecule has 18 heteroatoms. The van der Waals surface area contributed by atoms with Crippen LogP contribution in [-0.4, -0.2) is 71.5 Å². The summed E-state index contributed by atoms with van der Waals surface area (Å²) in [6, 6.07) is 19.7. The number of halogens is 4. The minimum atomic E-state index is -4.61. The van der Waals surface area contributed by atoms with Crippen molar-refractivity contribution in [2.24, 2.45) is 5.41 Å². The van der Waals surface area contributed by atoms with Gasteiger partial charge < -0.3 is 36.6 Å². The molecule has 1 saturated carbocycles. The van der Waals surface area contributed by atoms with Crippen molar-refractivity contribution >= 4 is 58.5 Å². The molecule has 4 amide bonds. The van der Waals surface area contributed by atoms with E-state index < -0.39 is 47.5 Å². The molecule has 1 aliphatic carbocycles. The van der Waals surface area contributed by atoms with Gasteiger partial charge in [0, 0.05) is 48.5 Å². The largest absolute Gasteiger partial charge is 0.454 e. The van der Waals surface area contributed by atoms with Crippen molar-refractivity contribution in [3.8, 4) is 6.01 Å². The molecule has 1 aliphatic rings. The predicted octanol–water partition coefficient (Wildman–Crippen LogP) is 5.50. The average Bonchev–Trinajstić information content (AvgIpc) is 3.95. The van der Waals surface area contributed by atoms with E-state index in [1.54, 1.807) is 69.4 Å². The fraction of sp³-hybridized carbons (Fsp3) is 0.342. The zero-order valence-corrected chi connectivity index (χ0v) is 31.5. The van der Waals surface area contributed by atoms with Crippen LogP contribution >= 0.6 is 11.6 Å². The molecule has 6 N–H and O–H groups in total. The molecule has 0 atom stereocenters. The van der Waals surface area contributed by atoms with E-state index in [-0.39, 0.29) is 30.9 Å². The number of hydrogen-bond donors (Lipinski definition) is 6. The Morgan fingerprint density at radius 3 is 2.05 bits per heavy atom. The van der Waals surface area contributed by atoms with Gasteiger partial charge in [-0.2, -0.15) is 28.1 Å². The van der Waals surface area contributed by atoms with Gasteiger partial charge in [-0.05, 0) is 84.3 Å². The first kappa shape index (κ1) is 41.2. The van der Waals surface area contributed by atoms with Crippen molar-refractivity contribution in [1.82, 2.24) is 30.9 Å². The van der Waals surface area contributed by atoms with Crippen LogP contribution < -0.4 is 36.6 Å². The smallest absolute Gasteiger partial charge is 0.422 e. The first-order valence-corrected chi connectivity index (χ1v) is 17.9. The third kappa shape index (κ3) is 12.3. The molecule has 0 bridgehead atoms. The van der Waals surface area contributed by atoms with E-state index in [2.05, 4.69) is 46.9 Å². The van der Waals surface area contributed by atoms with Crippen LogP contribution in [0.25, 0.3) is 0 Å². The molecule has 1 fully saturated rings. The third-order valence-corrected chi connectivity index (χ3v) is 8.93. The molecule has 14 nitrogen and oxygen atoms in total. The summed E-state index contributed by atoms with van der Waals surface area (Å²) in [7, 11) is 1.57. The lowest BCUT2D eigenvalue weighted by atomic mass is 9.93. The highest BCUT2D eigenvalue weighted by Gasteiger charge is 2.45. The van der Waals surface area contributed by atoms with Crippen LogP contribution in [0.15, 0.2) is 72.8 Å². The van der Waals surface area contributed by atoms with E-state index in [0.29, 0.717) is 34.8 Å². The third-order valence-electron chi connectivity index (χ3n) is 8.67. The molecule has 0 radical (unpaired) electrons. The number of carbonyl (C=O) groups is 4.